The molecule has 32 heavy (non-hydrogen) atoms. The second kappa shape index (κ2) is 11.6. The van der Waals surface area contributed by atoms with Gasteiger partial charge in [0.1, 0.15) is 5.75 Å². The van der Waals surface area contributed by atoms with E-state index in [0.29, 0.717) is 31.3 Å². The molecule has 0 saturated heterocycles. The van der Waals surface area contributed by atoms with Crippen LogP contribution in [-0.2, 0) is 11.3 Å². The number of amides is 1. The molecule has 3 rings (SSSR count). The minimum atomic E-state index is -0.224. The van der Waals surface area contributed by atoms with Crippen LogP contribution in [0.1, 0.15) is 25.0 Å². The molecule has 0 saturated carbocycles. The molecule has 0 aliphatic heterocycles. The van der Waals surface area contributed by atoms with E-state index in [-0.39, 0.29) is 12.5 Å². The molecule has 0 spiro atoms. The quantitative estimate of drug-likeness (QED) is 0.422. The van der Waals surface area contributed by atoms with Crippen LogP contribution in [0.3, 0.4) is 0 Å². The number of hydrogen-bond donors (Lipinski definition) is 2. The first-order valence-electron chi connectivity index (χ1n) is 10.8. The monoisotopic (exact) mass is 434 g/mol. The fraction of sp³-hybridized carbons (Fsp3) is 0.269. The normalized spacial score (nSPS) is 10.3. The average molecular weight is 435 g/mol. The topological polar surface area (TPSA) is 68.8 Å². The van der Waals surface area contributed by atoms with Crippen LogP contribution >= 0.6 is 0 Å². The molecule has 0 atom stereocenters. The molecule has 6 heteroatoms. The first-order valence-corrected chi connectivity index (χ1v) is 10.8. The summed E-state index contributed by atoms with van der Waals surface area (Å²) in [4.78, 5) is 12.2. The standard InChI is InChI=1S/C26H30N2O4/c1-4-30-23-13-11-21(12-14-23)27-17-20-8-15-24(25(16-20)31-5-2)32-18-26(29)28-22-9-6-19(3)7-10-22/h6-16,27H,4-5,17-18H2,1-3H3,(H,28,29). The lowest BCUT2D eigenvalue weighted by molar-refractivity contribution is -0.118. The van der Waals surface area contributed by atoms with Gasteiger partial charge >= 0.3 is 0 Å². The first kappa shape index (κ1) is 23.0. The van der Waals surface area contributed by atoms with Gasteiger partial charge in [-0.25, -0.2) is 0 Å². The number of nitrogens with one attached hydrogen (secondary N) is 2. The van der Waals surface area contributed by atoms with Crippen LogP contribution in [0.5, 0.6) is 17.2 Å². The van der Waals surface area contributed by atoms with E-state index in [9.17, 15) is 4.79 Å². The van der Waals surface area contributed by atoms with Crippen molar-refractivity contribution in [3.63, 3.8) is 0 Å². The van der Waals surface area contributed by atoms with E-state index in [1.54, 1.807) is 0 Å². The minimum Gasteiger partial charge on any atom is -0.494 e. The minimum absolute atomic E-state index is 0.0995. The third-order valence-corrected chi connectivity index (χ3v) is 4.66. The van der Waals surface area contributed by atoms with Crippen molar-refractivity contribution in [1.82, 2.24) is 0 Å². The van der Waals surface area contributed by atoms with E-state index in [4.69, 9.17) is 14.2 Å². The van der Waals surface area contributed by atoms with Crippen molar-refractivity contribution < 1.29 is 19.0 Å². The highest BCUT2D eigenvalue weighted by Crippen LogP contribution is 2.29. The van der Waals surface area contributed by atoms with Crippen molar-refractivity contribution >= 4 is 17.3 Å². The summed E-state index contributed by atoms with van der Waals surface area (Å²) >= 11 is 0. The van der Waals surface area contributed by atoms with Gasteiger partial charge in [-0.2, -0.15) is 0 Å². The number of rotatable bonds is 11. The summed E-state index contributed by atoms with van der Waals surface area (Å²) in [5.41, 5.74) is 3.92. The number of carbonyl (C=O) groups excluding carboxylic acids is 1. The molecule has 6 nitrogen and oxygen atoms in total. The van der Waals surface area contributed by atoms with Gasteiger partial charge in [-0.1, -0.05) is 23.8 Å². The zero-order valence-electron chi connectivity index (χ0n) is 18.8. The highest BCUT2D eigenvalue weighted by atomic mass is 16.5. The van der Waals surface area contributed by atoms with Crippen LogP contribution in [0, 0.1) is 6.92 Å². The van der Waals surface area contributed by atoms with E-state index < -0.39 is 0 Å². The number of aryl methyl sites for hydroxylation is 1. The SMILES string of the molecule is CCOc1ccc(NCc2ccc(OCC(=O)Nc3ccc(C)cc3)c(OCC)c2)cc1. The summed E-state index contributed by atoms with van der Waals surface area (Å²) in [5, 5.41) is 6.21. The van der Waals surface area contributed by atoms with Crippen molar-refractivity contribution in [3.05, 3.63) is 77.9 Å². The van der Waals surface area contributed by atoms with Gasteiger partial charge in [0.05, 0.1) is 13.2 Å². The molecule has 2 N–H and O–H groups in total. The van der Waals surface area contributed by atoms with Crippen LogP contribution in [0.4, 0.5) is 11.4 Å². The van der Waals surface area contributed by atoms with E-state index >= 15 is 0 Å². The Kier molecular flexibility index (Phi) is 8.37. The van der Waals surface area contributed by atoms with Crippen LogP contribution in [0.25, 0.3) is 0 Å². The molecule has 0 aliphatic carbocycles. The molecule has 1 amide bonds. The highest BCUT2D eigenvalue weighted by molar-refractivity contribution is 5.91. The van der Waals surface area contributed by atoms with Crippen molar-refractivity contribution in [1.29, 1.82) is 0 Å². The molecule has 0 fully saturated rings. The molecule has 3 aromatic carbocycles. The van der Waals surface area contributed by atoms with Crippen LogP contribution in [0.15, 0.2) is 66.7 Å². The van der Waals surface area contributed by atoms with E-state index in [1.165, 1.54) is 0 Å². The fourth-order valence-corrected chi connectivity index (χ4v) is 3.07. The van der Waals surface area contributed by atoms with Gasteiger partial charge in [-0.05, 0) is 74.9 Å². The van der Waals surface area contributed by atoms with Gasteiger partial charge in [0.15, 0.2) is 18.1 Å². The lowest BCUT2D eigenvalue weighted by Crippen LogP contribution is -2.20. The van der Waals surface area contributed by atoms with Crippen molar-refractivity contribution in [3.8, 4) is 17.2 Å². The molecule has 168 valence electrons. The largest absolute Gasteiger partial charge is 0.494 e. The number of ether oxygens (including phenoxy) is 3. The third-order valence-electron chi connectivity index (χ3n) is 4.66. The second-order valence-corrected chi connectivity index (χ2v) is 7.23. The summed E-state index contributed by atoms with van der Waals surface area (Å²) in [5.74, 6) is 1.78. The smallest absolute Gasteiger partial charge is 0.262 e. The summed E-state index contributed by atoms with van der Waals surface area (Å²) < 4.78 is 16.9. The Morgan fingerprint density at radius 1 is 0.781 bits per heavy atom. The van der Waals surface area contributed by atoms with Gasteiger partial charge in [-0.15, -0.1) is 0 Å². The van der Waals surface area contributed by atoms with Crippen molar-refractivity contribution in [2.45, 2.75) is 27.3 Å². The van der Waals surface area contributed by atoms with Crippen molar-refractivity contribution in [2.24, 2.45) is 0 Å². The third kappa shape index (κ3) is 6.94. The van der Waals surface area contributed by atoms with Gasteiger partial charge in [0.25, 0.3) is 5.91 Å². The summed E-state index contributed by atoms with van der Waals surface area (Å²) in [6.07, 6.45) is 0. The first-order chi connectivity index (χ1) is 15.6. The van der Waals surface area contributed by atoms with Gasteiger partial charge in [0, 0.05) is 17.9 Å². The summed E-state index contributed by atoms with van der Waals surface area (Å²) in [6.45, 7) is 7.56. The van der Waals surface area contributed by atoms with Crippen LogP contribution in [-0.4, -0.2) is 25.7 Å². The molecule has 0 bridgehead atoms. The van der Waals surface area contributed by atoms with Crippen LogP contribution in [0.2, 0.25) is 0 Å². The Balaban J connectivity index is 1.57. The second-order valence-electron chi connectivity index (χ2n) is 7.23. The Hall–Kier alpha value is -3.67. The highest BCUT2D eigenvalue weighted by Gasteiger charge is 2.10. The Labute approximate surface area is 189 Å². The maximum atomic E-state index is 12.2. The average Bonchev–Trinajstić information content (AvgIpc) is 2.80. The number of hydrogen-bond acceptors (Lipinski definition) is 5. The maximum absolute atomic E-state index is 12.2. The van der Waals surface area contributed by atoms with Gasteiger partial charge in [-0.3, -0.25) is 4.79 Å². The number of benzene rings is 3. The Morgan fingerprint density at radius 2 is 1.47 bits per heavy atom. The predicted molar refractivity (Wildman–Crippen MR) is 128 cm³/mol. The van der Waals surface area contributed by atoms with E-state index in [1.807, 2.05) is 87.5 Å². The molecular formula is C26H30N2O4. The lowest BCUT2D eigenvalue weighted by atomic mass is 10.2. The fourth-order valence-electron chi connectivity index (χ4n) is 3.07. The molecule has 0 heterocycles. The Morgan fingerprint density at radius 3 is 2.16 bits per heavy atom. The zero-order chi connectivity index (χ0) is 22.8. The van der Waals surface area contributed by atoms with Gasteiger partial charge < -0.3 is 24.8 Å². The summed E-state index contributed by atoms with van der Waals surface area (Å²) in [6, 6.07) is 21.2. The molecule has 0 unspecified atom stereocenters. The number of carbonyl (C=O) groups is 1. The molecule has 0 aromatic heterocycles. The molecule has 3 aromatic rings. The maximum Gasteiger partial charge on any atom is 0.262 e. The lowest BCUT2D eigenvalue weighted by Gasteiger charge is -2.14. The van der Waals surface area contributed by atoms with Crippen molar-refractivity contribution in [2.75, 3.05) is 30.5 Å². The van der Waals surface area contributed by atoms with E-state index in [0.717, 1.165) is 28.3 Å². The Bertz CT molecular complexity index is 1000. The van der Waals surface area contributed by atoms with E-state index in [2.05, 4.69) is 10.6 Å². The molecular weight excluding hydrogens is 404 g/mol. The predicted octanol–water partition coefficient (Wildman–Crippen LogP) is 5.42. The van der Waals surface area contributed by atoms with Gasteiger partial charge in [0.2, 0.25) is 0 Å². The number of anilines is 2. The molecule has 0 aliphatic rings. The summed E-state index contributed by atoms with van der Waals surface area (Å²) in [7, 11) is 0. The zero-order valence-corrected chi connectivity index (χ0v) is 18.8. The molecule has 0 radical (unpaired) electrons. The van der Waals surface area contributed by atoms with Crippen LogP contribution < -0.4 is 24.8 Å².